The van der Waals surface area contributed by atoms with Gasteiger partial charge in [0.05, 0.1) is 5.56 Å². The zero-order valence-corrected chi connectivity index (χ0v) is 12.0. The first-order valence-corrected chi connectivity index (χ1v) is 7.55. The molecule has 1 aliphatic carbocycles. The van der Waals surface area contributed by atoms with Crippen LogP contribution in [0.15, 0.2) is 22.7 Å². The van der Waals surface area contributed by atoms with Crippen LogP contribution in [0.3, 0.4) is 0 Å². The molecule has 1 saturated heterocycles. The van der Waals surface area contributed by atoms with Gasteiger partial charge in [-0.1, -0.05) is 6.42 Å². The number of piperidine rings is 1. The Kier molecular flexibility index (Phi) is 3.30. The Balaban J connectivity index is 1.90. The summed E-state index contributed by atoms with van der Waals surface area (Å²) in [6.45, 7) is 1.17. The minimum Gasteiger partial charge on any atom is -0.368 e. The molecule has 0 amide bonds. The van der Waals surface area contributed by atoms with Gasteiger partial charge < -0.3 is 4.90 Å². The van der Waals surface area contributed by atoms with Crippen molar-refractivity contribution < 1.29 is 0 Å². The lowest BCUT2D eigenvalue weighted by molar-refractivity contribution is 0.362. The number of fused-ring (bicyclic) bond motifs is 1. The molecule has 3 heteroatoms. The monoisotopic (exact) mass is 304 g/mol. The van der Waals surface area contributed by atoms with Crippen LogP contribution in [0.4, 0.5) is 5.69 Å². The molecule has 1 saturated carbocycles. The van der Waals surface area contributed by atoms with Gasteiger partial charge >= 0.3 is 0 Å². The molecule has 1 aromatic rings. The van der Waals surface area contributed by atoms with Crippen molar-refractivity contribution in [1.82, 2.24) is 0 Å². The number of rotatable bonds is 1. The standard InChI is InChI=1S/C15H17BrN2/c16-14-9-13(7-6-12(14)10-17)18-8-2-4-11-3-1-5-15(11)18/h6-7,9,11,15H,1-5,8H2. The highest BCUT2D eigenvalue weighted by molar-refractivity contribution is 9.10. The topological polar surface area (TPSA) is 27.0 Å². The number of hydrogen-bond donors (Lipinski definition) is 0. The molecule has 2 aliphatic rings. The summed E-state index contributed by atoms with van der Waals surface area (Å²) in [5, 5.41) is 8.98. The van der Waals surface area contributed by atoms with Crippen molar-refractivity contribution in [3.05, 3.63) is 28.2 Å². The van der Waals surface area contributed by atoms with Crippen molar-refractivity contribution in [2.45, 2.75) is 38.1 Å². The van der Waals surface area contributed by atoms with E-state index in [9.17, 15) is 0 Å². The average Bonchev–Trinajstić information content (AvgIpc) is 2.86. The number of hydrogen-bond acceptors (Lipinski definition) is 2. The number of halogens is 1. The summed E-state index contributed by atoms with van der Waals surface area (Å²) < 4.78 is 0.919. The van der Waals surface area contributed by atoms with Crippen LogP contribution in [-0.4, -0.2) is 12.6 Å². The van der Waals surface area contributed by atoms with E-state index in [1.54, 1.807) is 0 Å². The van der Waals surface area contributed by atoms with Crippen LogP contribution in [0.1, 0.15) is 37.7 Å². The Morgan fingerprint density at radius 1 is 1.22 bits per heavy atom. The summed E-state index contributed by atoms with van der Waals surface area (Å²) in [4.78, 5) is 2.56. The number of nitriles is 1. The van der Waals surface area contributed by atoms with Crippen LogP contribution < -0.4 is 4.90 Å². The second-order valence-electron chi connectivity index (χ2n) is 5.37. The smallest absolute Gasteiger partial charge is 0.100 e. The van der Waals surface area contributed by atoms with Gasteiger partial charge in [0, 0.05) is 22.7 Å². The molecule has 1 aliphatic heterocycles. The average molecular weight is 305 g/mol. The second kappa shape index (κ2) is 4.93. The number of nitrogens with zero attached hydrogens (tertiary/aromatic N) is 2. The van der Waals surface area contributed by atoms with E-state index in [0.29, 0.717) is 0 Å². The lowest BCUT2D eigenvalue weighted by Gasteiger charge is -2.39. The van der Waals surface area contributed by atoms with Crippen LogP contribution in [-0.2, 0) is 0 Å². The fourth-order valence-corrected chi connectivity index (χ4v) is 4.00. The third kappa shape index (κ3) is 2.03. The Hall–Kier alpha value is -1.01. The van der Waals surface area contributed by atoms with Crippen LogP contribution >= 0.6 is 15.9 Å². The third-order valence-corrected chi connectivity index (χ3v) is 5.05. The SMILES string of the molecule is N#Cc1ccc(N2CCCC3CCCC32)cc1Br. The van der Waals surface area contributed by atoms with Gasteiger partial charge in [-0.05, 0) is 65.7 Å². The summed E-state index contributed by atoms with van der Waals surface area (Å²) in [7, 11) is 0. The van der Waals surface area contributed by atoms with Crippen molar-refractivity contribution in [3.63, 3.8) is 0 Å². The zero-order chi connectivity index (χ0) is 12.5. The van der Waals surface area contributed by atoms with E-state index in [-0.39, 0.29) is 0 Å². The highest BCUT2D eigenvalue weighted by atomic mass is 79.9. The minimum atomic E-state index is 0.721. The molecule has 2 fully saturated rings. The van der Waals surface area contributed by atoms with E-state index in [4.69, 9.17) is 5.26 Å². The van der Waals surface area contributed by atoms with Gasteiger partial charge in [0.25, 0.3) is 0 Å². The summed E-state index contributed by atoms with van der Waals surface area (Å²) in [6, 6.07) is 9.08. The van der Waals surface area contributed by atoms with Gasteiger partial charge in [-0.2, -0.15) is 5.26 Å². The van der Waals surface area contributed by atoms with Crippen LogP contribution in [0.5, 0.6) is 0 Å². The van der Waals surface area contributed by atoms with Crippen LogP contribution in [0.2, 0.25) is 0 Å². The summed E-state index contributed by atoms with van der Waals surface area (Å²) in [6.07, 6.45) is 6.82. The lowest BCUT2D eigenvalue weighted by Crippen LogP contribution is -2.42. The third-order valence-electron chi connectivity index (χ3n) is 4.40. The molecule has 2 nitrogen and oxygen atoms in total. The molecule has 0 N–H and O–H groups in total. The maximum Gasteiger partial charge on any atom is 0.100 e. The predicted molar refractivity (Wildman–Crippen MR) is 76.6 cm³/mol. The van der Waals surface area contributed by atoms with Gasteiger partial charge in [-0.15, -0.1) is 0 Å². The Labute approximate surface area is 117 Å². The highest BCUT2D eigenvalue weighted by Gasteiger charge is 2.35. The van der Waals surface area contributed by atoms with E-state index >= 15 is 0 Å². The highest BCUT2D eigenvalue weighted by Crippen LogP contribution is 2.39. The minimum absolute atomic E-state index is 0.721. The fraction of sp³-hybridized carbons (Fsp3) is 0.533. The maximum absolute atomic E-state index is 8.98. The van der Waals surface area contributed by atoms with Gasteiger partial charge in [0.2, 0.25) is 0 Å². The summed E-state index contributed by atoms with van der Waals surface area (Å²) >= 11 is 3.50. The van der Waals surface area contributed by atoms with Gasteiger partial charge in [0.15, 0.2) is 0 Å². The van der Waals surface area contributed by atoms with Crippen molar-refractivity contribution in [2.75, 3.05) is 11.4 Å². The maximum atomic E-state index is 8.98. The van der Waals surface area contributed by atoms with E-state index in [1.807, 2.05) is 6.07 Å². The summed E-state index contributed by atoms with van der Waals surface area (Å²) in [5.41, 5.74) is 2.00. The summed E-state index contributed by atoms with van der Waals surface area (Å²) in [5.74, 6) is 0.896. The predicted octanol–water partition coefficient (Wildman–Crippen LogP) is 4.09. The number of anilines is 1. The molecular formula is C15H17BrN2. The van der Waals surface area contributed by atoms with Crippen molar-refractivity contribution in [2.24, 2.45) is 5.92 Å². The molecule has 0 spiro atoms. The van der Waals surface area contributed by atoms with Gasteiger partial charge in [-0.3, -0.25) is 0 Å². The lowest BCUT2D eigenvalue weighted by atomic mass is 9.91. The quantitative estimate of drug-likeness (QED) is 0.781. The Morgan fingerprint density at radius 2 is 2.06 bits per heavy atom. The van der Waals surface area contributed by atoms with E-state index in [0.717, 1.165) is 22.0 Å². The number of benzene rings is 1. The van der Waals surface area contributed by atoms with E-state index < -0.39 is 0 Å². The van der Waals surface area contributed by atoms with Gasteiger partial charge in [-0.25, -0.2) is 0 Å². The van der Waals surface area contributed by atoms with Crippen molar-refractivity contribution in [1.29, 1.82) is 5.26 Å². The first-order valence-electron chi connectivity index (χ1n) is 6.76. The van der Waals surface area contributed by atoms with E-state index in [2.05, 4.69) is 39.0 Å². The fourth-order valence-electron chi connectivity index (χ4n) is 3.55. The van der Waals surface area contributed by atoms with E-state index in [1.165, 1.54) is 44.3 Å². The zero-order valence-electron chi connectivity index (χ0n) is 10.4. The molecule has 1 heterocycles. The van der Waals surface area contributed by atoms with Crippen LogP contribution in [0, 0.1) is 17.2 Å². The molecule has 3 rings (SSSR count). The molecule has 0 bridgehead atoms. The van der Waals surface area contributed by atoms with Crippen molar-refractivity contribution in [3.8, 4) is 6.07 Å². The first-order chi connectivity index (χ1) is 8.79. The molecule has 1 aromatic carbocycles. The molecule has 2 atom stereocenters. The molecule has 2 unspecified atom stereocenters. The Bertz CT molecular complexity index is 492. The van der Waals surface area contributed by atoms with Crippen molar-refractivity contribution >= 4 is 21.6 Å². The first kappa shape index (κ1) is 12.0. The molecule has 0 radical (unpaired) electrons. The molecule has 0 aromatic heterocycles. The largest absolute Gasteiger partial charge is 0.368 e. The second-order valence-corrected chi connectivity index (χ2v) is 6.22. The van der Waals surface area contributed by atoms with Crippen LogP contribution in [0.25, 0.3) is 0 Å². The Morgan fingerprint density at radius 3 is 2.83 bits per heavy atom. The van der Waals surface area contributed by atoms with Gasteiger partial charge in [0.1, 0.15) is 6.07 Å². The molecular weight excluding hydrogens is 288 g/mol. The molecule has 18 heavy (non-hydrogen) atoms. The molecule has 94 valence electrons. The normalized spacial score (nSPS) is 26.8.